The van der Waals surface area contributed by atoms with Crippen molar-refractivity contribution in [3.05, 3.63) is 91.2 Å². The predicted octanol–water partition coefficient (Wildman–Crippen LogP) is 6.77. The highest BCUT2D eigenvalue weighted by Crippen LogP contribution is 2.35. The fourth-order valence-electron chi connectivity index (χ4n) is 7.73. The molecule has 0 bridgehead atoms. The summed E-state index contributed by atoms with van der Waals surface area (Å²) in [6.45, 7) is 9.16. The third-order valence-corrected chi connectivity index (χ3v) is 10.8. The zero-order valence-electron chi connectivity index (χ0n) is 32.5. The summed E-state index contributed by atoms with van der Waals surface area (Å²) in [5.41, 5.74) is 5.92. The van der Waals surface area contributed by atoms with E-state index in [2.05, 4.69) is 84.1 Å². The second-order valence-corrected chi connectivity index (χ2v) is 15.2. The van der Waals surface area contributed by atoms with Gasteiger partial charge < -0.3 is 35.1 Å². The lowest BCUT2D eigenvalue weighted by Crippen LogP contribution is -2.51. The number of anilines is 1. The van der Waals surface area contributed by atoms with Crippen LogP contribution in [0.25, 0.3) is 33.6 Å². The average Bonchev–Trinajstić information content (AvgIpc) is 4.06. The summed E-state index contributed by atoms with van der Waals surface area (Å²) in [5, 5.41) is 6.01. The number of alkyl carbamates (subject to hydrolysis) is 1. The first-order chi connectivity index (χ1) is 27.1. The highest BCUT2D eigenvalue weighted by molar-refractivity contribution is 5.87. The summed E-state index contributed by atoms with van der Waals surface area (Å²) in [6.07, 6.45) is 9.58. The Morgan fingerprint density at radius 2 is 1.18 bits per heavy atom. The lowest BCUT2D eigenvalue weighted by atomic mass is 10.0. The molecule has 5 heterocycles. The number of aromatic nitrogens is 6. The van der Waals surface area contributed by atoms with E-state index in [4.69, 9.17) is 9.72 Å². The maximum Gasteiger partial charge on any atom is 0.407 e. The summed E-state index contributed by atoms with van der Waals surface area (Å²) in [4.78, 5) is 67.7. The number of hydrogen-bond acceptors (Lipinski definition) is 9. The molecule has 2 aliphatic heterocycles. The summed E-state index contributed by atoms with van der Waals surface area (Å²) in [7, 11) is 1.29. The van der Waals surface area contributed by atoms with Gasteiger partial charge in [-0.25, -0.2) is 24.7 Å². The molecule has 5 aromatic rings. The molecule has 3 aromatic heterocycles. The number of likely N-dealkylation sites (tertiary alicyclic amines) is 2. The van der Waals surface area contributed by atoms with Gasteiger partial charge >= 0.3 is 6.09 Å². The highest BCUT2D eigenvalue weighted by atomic mass is 16.5. The number of rotatable bonds is 12. The monoisotopic (exact) mass is 758 g/mol. The number of imidazole rings is 2. The van der Waals surface area contributed by atoms with Gasteiger partial charge in [0.1, 0.15) is 35.9 Å². The maximum atomic E-state index is 13.8. The minimum Gasteiger partial charge on any atom is -0.453 e. The number of hydrogen-bond donors (Lipinski definition) is 4. The van der Waals surface area contributed by atoms with Gasteiger partial charge in [-0.05, 0) is 65.8 Å². The fourth-order valence-corrected chi connectivity index (χ4v) is 7.73. The van der Waals surface area contributed by atoms with Crippen molar-refractivity contribution in [1.29, 1.82) is 0 Å². The van der Waals surface area contributed by atoms with Gasteiger partial charge in [-0.3, -0.25) is 9.59 Å². The van der Waals surface area contributed by atoms with Gasteiger partial charge in [0, 0.05) is 19.3 Å². The summed E-state index contributed by atoms with van der Waals surface area (Å²) in [6, 6.07) is 17.0. The largest absolute Gasteiger partial charge is 0.453 e. The van der Waals surface area contributed by atoms with Gasteiger partial charge in [-0.15, -0.1) is 0 Å². The summed E-state index contributed by atoms with van der Waals surface area (Å²) >= 11 is 0. The van der Waals surface area contributed by atoms with Crippen molar-refractivity contribution in [2.45, 2.75) is 77.5 Å². The molecule has 56 heavy (non-hydrogen) atoms. The van der Waals surface area contributed by atoms with Crippen LogP contribution in [0.2, 0.25) is 0 Å². The molecule has 4 N–H and O–H groups in total. The van der Waals surface area contributed by atoms with E-state index in [1.807, 2.05) is 49.9 Å². The minimum atomic E-state index is -0.681. The number of carbonyl (C=O) groups is 3. The quantitative estimate of drug-likeness (QED) is 0.107. The zero-order chi connectivity index (χ0) is 39.3. The van der Waals surface area contributed by atoms with Crippen LogP contribution in [-0.4, -0.2) is 89.9 Å². The van der Waals surface area contributed by atoms with Gasteiger partial charge in [-0.1, -0.05) is 76.2 Å². The van der Waals surface area contributed by atoms with Crippen molar-refractivity contribution in [2.24, 2.45) is 11.8 Å². The number of nitrogens with zero attached hydrogens (tertiary/aromatic N) is 6. The Labute approximate surface area is 326 Å². The molecule has 2 aromatic carbocycles. The van der Waals surface area contributed by atoms with E-state index in [9.17, 15) is 14.4 Å². The molecule has 3 amide bonds. The van der Waals surface area contributed by atoms with E-state index < -0.39 is 18.2 Å². The molecule has 14 nitrogen and oxygen atoms in total. The maximum absolute atomic E-state index is 13.8. The first-order valence-electron chi connectivity index (χ1n) is 19.4. The molecule has 2 fully saturated rings. The standard InChI is InChI=1S/C42H50N10O4/c1-25(2)36(49-35-18-19-43-24-46-35)40(53)51-20-6-8-33(51)38-44-22-31(47-38)29-14-10-27(11-15-29)28-12-16-30(17-13-28)32-23-45-39(48-32)34-9-7-21-52(34)41(54)37(26(3)4)50-42(55)56-5/h10-19,22-26,33-34,36-37H,6-9,20-21H2,1-5H3,(H,44,47)(H,45,48)(H,50,55)(H,43,46,49)/t33-,34-,36-,37-/m0/s1. The van der Waals surface area contributed by atoms with Gasteiger partial charge in [0.25, 0.3) is 0 Å². The Bertz CT molecular complexity index is 2110. The van der Waals surface area contributed by atoms with Crippen molar-refractivity contribution in [2.75, 3.05) is 25.5 Å². The number of benzene rings is 2. The van der Waals surface area contributed by atoms with Gasteiger partial charge in [0.15, 0.2) is 0 Å². The SMILES string of the molecule is COC(=O)N[C@H](C(=O)N1CCC[C@H]1c1ncc(-c2ccc(-c3ccc(-c4cnc([C@@H]5CCCN5C(=O)[C@@H](Nc5ccncn5)C(C)C)[nH]4)cc3)cc2)[nH]1)C(C)C. The molecule has 4 atom stereocenters. The number of H-pyrrole nitrogens is 2. The topological polar surface area (TPSA) is 174 Å². The van der Waals surface area contributed by atoms with Crippen LogP contribution in [-0.2, 0) is 14.3 Å². The Balaban J connectivity index is 0.997. The van der Waals surface area contributed by atoms with E-state index in [-0.39, 0.29) is 35.7 Å². The Hall–Kier alpha value is -6.05. The smallest absolute Gasteiger partial charge is 0.407 e. The molecule has 0 aliphatic carbocycles. The molecule has 2 aliphatic rings. The number of amides is 3. The molecular formula is C42H50N10O4. The second kappa shape index (κ2) is 16.8. The normalized spacial score (nSPS) is 18.0. The van der Waals surface area contributed by atoms with Crippen molar-refractivity contribution in [1.82, 2.24) is 45.0 Å². The van der Waals surface area contributed by atoms with Crippen molar-refractivity contribution < 1.29 is 19.1 Å². The van der Waals surface area contributed by atoms with Gasteiger partial charge in [0.05, 0.1) is 43.0 Å². The number of carbonyl (C=O) groups excluding carboxylic acids is 3. The number of nitrogens with one attached hydrogen (secondary N) is 4. The second-order valence-electron chi connectivity index (χ2n) is 15.2. The molecule has 0 unspecified atom stereocenters. The van der Waals surface area contributed by atoms with Crippen LogP contribution in [0.1, 0.15) is 77.1 Å². The lowest BCUT2D eigenvalue weighted by Gasteiger charge is -2.30. The summed E-state index contributed by atoms with van der Waals surface area (Å²) in [5.74, 6) is 2.03. The first kappa shape index (κ1) is 38.2. The Morgan fingerprint density at radius 1 is 0.696 bits per heavy atom. The van der Waals surface area contributed by atoms with E-state index in [0.717, 1.165) is 71.0 Å². The van der Waals surface area contributed by atoms with Crippen LogP contribution in [0.3, 0.4) is 0 Å². The van der Waals surface area contributed by atoms with Crippen LogP contribution in [0.15, 0.2) is 79.5 Å². The molecule has 14 heteroatoms. The third kappa shape index (κ3) is 8.14. The lowest BCUT2D eigenvalue weighted by molar-refractivity contribution is -0.135. The zero-order valence-corrected chi connectivity index (χ0v) is 32.5. The Morgan fingerprint density at radius 3 is 1.62 bits per heavy atom. The van der Waals surface area contributed by atoms with E-state index in [0.29, 0.717) is 18.9 Å². The molecule has 0 saturated carbocycles. The van der Waals surface area contributed by atoms with E-state index >= 15 is 0 Å². The minimum absolute atomic E-state index is 0.0426. The van der Waals surface area contributed by atoms with Crippen molar-refractivity contribution in [3.63, 3.8) is 0 Å². The number of methoxy groups -OCH3 is 1. The molecule has 0 radical (unpaired) electrons. The van der Waals surface area contributed by atoms with Crippen LogP contribution in [0, 0.1) is 11.8 Å². The third-order valence-electron chi connectivity index (χ3n) is 10.8. The molecule has 292 valence electrons. The number of aromatic amines is 2. The predicted molar refractivity (Wildman–Crippen MR) is 213 cm³/mol. The van der Waals surface area contributed by atoms with E-state index in [1.165, 1.54) is 13.4 Å². The molecular weight excluding hydrogens is 709 g/mol. The van der Waals surface area contributed by atoms with Crippen molar-refractivity contribution in [3.8, 4) is 33.6 Å². The summed E-state index contributed by atoms with van der Waals surface area (Å²) < 4.78 is 4.76. The average molecular weight is 759 g/mol. The van der Waals surface area contributed by atoms with Gasteiger partial charge in [0.2, 0.25) is 11.8 Å². The molecule has 0 spiro atoms. The fraction of sp³-hybridized carbons (Fsp3) is 0.405. The van der Waals surface area contributed by atoms with Crippen LogP contribution in [0.5, 0.6) is 0 Å². The van der Waals surface area contributed by atoms with E-state index in [1.54, 1.807) is 12.3 Å². The molecule has 2 saturated heterocycles. The van der Waals surface area contributed by atoms with Crippen LogP contribution < -0.4 is 10.6 Å². The van der Waals surface area contributed by atoms with Gasteiger partial charge in [-0.2, -0.15) is 0 Å². The highest BCUT2D eigenvalue weighted by Gasteiger charge is 2.38. The van der Waals surface area contributed by atoms with Crippen molar-refractivity contribution >= 4 is 23.7 Å². The Kier molecular flexibility index (Phi) is 11.4. The first-order valence-corrected chi connectivity index (χ1v) is 19.4. The molecule has 7 rings (SSSR count). The number of ether oxygens (including phenoxy) is 1. The van der Waals surface area contributed by atoms with Crippen LogP contribution >= 0.6 is 0 Å². The van der Waals surface area contributed by atoms with Crippen LogP contribution in [0.4, 0.5) is 10.6 Å².